The van der Waals surface area contributed by atoms with E-state index >= 15 is 0 Å². The van der Waals surface area contributed by atoms with Crippen LogP contribution in [0.3, 0.4) is 0 Å². The Labute approximate surface area is 114 Å². The van der Waals surface area contributed by atoms with Crippen molar-refractivity contribution in [1.82, 2.24) is 0 Å². The van der Waals surface area contributed by atoms with E-state index in [0.717, 1.165) is 18.6 Å². The third-order valence-corrected chi connectivity index (χ3v) is 3.93. The number of rotatable bonds is 3. The molecule has 3 rings (SSSR count). The fraction of sp³-hybridized carbons (Fsp3) is 0.294. The van der Waals surface area contributed by atoms with Gasteiger partial charge in [0.1, 0.15) is 5.75 Å². The van der Waals surface area contributed by atoms with Crippen LogP contribution in [0, 0.1) is 5.41 Å². The van der Waals surface area contributed by atoms with Crippen LogP contribution < -0.4 is 10.5 Å². The Bertz CT molecular complexity index is 552. The molecule has 0 aliphatic carbocycles. The first-order valence-corrected chi connectivity index (χ1v) is 6.76. The molecular weight excluding hydrogens is 234 g/mol. The number of para-hydroxylation sites is 1. The zero-order valence-corrected chi connectivity index (χ0v) is 11.0. The van der Waals surface area contributed by atoms with Gasteiger partial charge in [0.25, 0.3) is 0 Å². The van der Waals surface area contributed by atoms with Crippen molar-refractivity contribution in [3.63, 3.8) is 0 Å². The van der Waals surface area contributed by atoms with Gasteiger partial charge in [-0.2, -0.15) is 0 Å². The van der Waals surface area contributed by atoms with Crippen molar-refractivity contribution in [2.24, 2.45) is 11.1 Å². The zero-order valence-electron chi connectivity index (χ0n) is 11.0. The highest BCUT2D eigenvalue weighted by Crippen LogP contribution is 2.36. The molecule has 2 aromatic carbocycles. The summed E-state index contributed by atoms with van der Waals surface area (Å²) in [6, 6.07) is 18.8. The Morgan fingerprint density at radius 1 is 1.00 bits per heavy atom. The van der Waals surface area contributed by atoms with Crippen molar-refractivity contribution < 1.29 is 4.74 Å². The first-order valence-electron chi connectivity index (χ1n) is 6.76. The number of hydrogen-bond donors (Lipinski definition) is 1. The topological polar surface area (TPSA) is 35.2 Å². The highest BCUT2D eigenvalue weighted by atomic mass is 16.5. The van der Waals surface area contributed by atoms with Gasteiger partial charge in [-0.1, -0.05) is 48.5 Å². The Morgan fingerprint density at radius 2 is 1.74 bits per heavy atom. The molecule has 1 heterocycles. The van der Waals surface area contributed by atoms with Crippen LogP contribution in [0.5, 0.6) is 5.75 Å². The third kappa shape index (κ3) is 2.49. The zero-order chi connectivity index (χ0) is 13.1. The van der Waals surface area contributed by atoms with Gasteiger partial charge in [0.2, 0.25) is 0 Å². The van der Waals surface area contributed by atoms with Gasteiger partial charge >= 0.3 is 0 Å². The van der Waals surface area contributed by atoms with E-state index in [0.29, 0.717) is 13.2 Å². The number of nitrogens with two attached hydrogens (primary N) is 1. The summed E-state index contributed by atoms with van der Waals surface area (Å²) in [5.41, 5.74) is 8.69. The summed E-state index contributed by atoms with van der Waals surface area (Å²) < 4.78 is 5.92. The first kappa shape index (κ1) is 12.2. The maximum Gasteiger partial charge on any atom is 0.122 e. The van der Waals surface area contributed by atoms with Crippen LogP contribution in [0.15, 0.2) is 54.6 Å². The molecule has 0 saturated heterocycles. The van der Waals surface area contributed by atoms with E-state index in [1.54, 1.807) is 0 Å². The molecule has 0 radical (unpaired) electrons. The lowest BCUT2D eigenvalue weighted by Gasteiger charge is -2.37. The van der Waals surface area contributed by atoms with Crippen LogP contribution in [-0.2, 0) is 12.8 Å². The maximum absolute atomic E-state index is 6.06. The van der Waals surface area contributed by atoms with Crippen molar-refractivity contribution in [2.75, 3.05) is 13.2 Å². The Balaban J connectivity index is 1.86. The number of hydrogen-bond acceptors (Lipinski definition) is 2. The molecule has 0 spiro atoms. The molecule has 2 heteroatoms. The summed E-state index contributed by atoms with van der Waals surface area (Å²) in [4.78, 5) is 0. The fourth-order valence-corrected chi connectivity index (χ4v) is 2.82. The smallest absolute Gasteiger partial charge is 0.122 e. The van der Waals surface area contributed by atoms with Crippen LogP contribution in [0.1, 0.15) is 11.1 Å². The minimum Gasteiger partial charge on any atom is -0.493 e. The van der Waals surface area contributed by atoms with E-state index in [9.17, 15) is 0 Å². The molecule has 1 atom stereocenters. The Hall–Kier alpha value is -1.80. The van der Waals surface area contributed by atoms with Gasteiger partial charge in [-0.3, -0.25) is 0 Å². The van der Waals surface area contributed by atoms with Crippen LogP contribution >= 0.6 is 0 Å². The molecule has 2 aromatic rings. The second-order valence-electron chi connectivity index (χ2n) is 5.44. The monoisotopic (exact) mass is 253 g/mol. The van der Waals surface area contributed by atoms with Gasteiger partial charge in [-0.25, -0.2) is 0 Å². The van der Waals surface area contributed by atoms with Crippen molar-refractivity contribution in [3.05, 3.63) is 65.7 Å². The Morgan fingerprint density at radius 3 is 2.53 bits per heavy atom. The maximum atomic E-state index is 6.06. The van der Waals surface area contributed by atoms with Gasteiger partial charge < -0.3 is 10.5 Å². The van der Waals surface area contributed by atoms with Crippen molar-refractivity contribution in [2.45, 2.75) is 12.8 Å². The minimum absolute atomic E-state index is 0.0235. The van der Waals surface area contributed by atoms with Crippen LogP contribution in [0.2, 0.25) is 0 Å². The van der Waals surface area contributed by atoms with E-state index in [2.05, 4.69) is 36.4 Å². The van der Waals surface area contributed by atoms with E-state index in [-0.39, 0.29) is 5.41 Å². The van der Waals surface area contributed by atoms with E-state index in [1.165, 1.54) is 11.1 Å². The van der Waals surface area contributed by atoms with E-state index < -0.39 is 0 Å². The third-order valence-electron chi connectivity index (χ3n) is 3.93. The van der Waals surface area contributed by atoms with Gasteiger partial charge in [0.05, 0.1) is 6.61 Å². The molecule has 0 aromatic heterocycles. The van der Waals surface area contributed by atoms with Gasteiger partial charge in [-0.15, -0.1) is 0 Å². The predicted molar refractivity (Wildman–Crippen MR) is 77.3 cm³/mol. The summed E-state index contributed by atoms with van der Waals surface area (Å²) in [6.07, 6.45) is 1.97. The standard InChI is InChI=1S/C17H19NO/c18-12-17(10-14-6-2-1-3-7-14)11-15-8-4-5-9-16(15)19-13-17/h1-9H,10-13,18H2. The van der Waals surface area contributed by atoms with Crippen LogP contribution in [0.4, 0.5) is 0 Å². The average Bonchev–Trinajstić information content (AvgIpc) is 2.48. The molecule has 98 valence electrons. The van der Waals surface area contributed by atoms with E-state index in [4.69, 9.17) is 10.5 Å². The first-order chi connectivity index (χ1) is 9.31. The van der Waals surface area contributed by atoms with Crippen LogP contribution in [0.25, 0.3) is 0 Å². The summed E-state index contributed by atoms with van der Waals surface area (Å²) >= 11 is 0. The highest BCUT2D eigenvalue weighted by molar-refractivity contribution is 5.36. The highest BCUT2D eigenvalue weighted by Gasteiger charge is 2.34. The SMILES string of the molecule is NCC1(Cc2ccccc2)COc2ccccc2C1. The molecule has 1 unspecified atom stereocenters. The van der Waals surface area contributed by atoms with Crippen molar-refractivity contribution in [1.29, 1.82) is 0 Å². The molecule has 1 aliphatic heterocycles. The molecule has 0 fully saturated rings. The van der Waals surface area contributed by atoms with Gasteiger partial charge in [-0.05, 0) is 30.0 Å². The van der Waals surface area contributed by atoms with Gasteiger partial charge in [0.15, 0.2) is 0 Å². The van der Waals surface area contributed by atoms with Crippen molar-refractivity contribution in [3.8, 4) is 5.75 Å². The molecule has 2 N–H and O–H groups in total. The van der Waals surface area contributed by atoms with Crippen molar-refractivity contribution >= 4 is 0 Å². The molecule has 0 amide bonds. The summed E-state index contributed by atoms with van der Waals surface area (Å²) in [5.74, 6) is 1.01. The van der Waals surface area contributed by atoms with Gasteiger partial charge in [0, 0.05) is 12.0 Å². The second-order valence-corrected chi connectivity index (χ2v) is 5.44. The largest absolute Gasteiger partial charge is 0.493 e. The summed E-state index contributed by atoms with van der Waals surface area (Å²) in [5, 5.41) is 0. The lowest BCUT2D eigenvalue weighted by atomic mass is 9.76. The Kier molecular flexibility index (Phi) is 3.26. The lowest BCUT2D eigenvalue weighted by Crippen LogP contribution is -2.43. The molecule has 2 nitrogen and oxygen atoms in total. The normalized spacial score (nSPS) is 21.5. The molecular formula is C17H19NO. The summed E-state index contributed by atoms with van der Waals surface area (Å²) in [7, 11) is 0. The second kappa shape index (κ2) is 5.06. The van der Waals surface area contributed by atoms with Crippen LogP contribution in [-0.4, -0.2) is 13.2 Å². The molecule has 0 bridgehead atoms. The lowest BCUT2D eigenvalue weighted by molar-refractivity contribution is 0.126. The number of benzene rings is 2. The molecule has 1 aliphatic rings. The summed E-state index contributed by atoms with van der Waals surface area (Å²) in [6.45, 7) is 1.35. The molecule has 19 heavy (non-hydrogen) atoms. The average molecular weight is 253 g/mol. The quantitative estimate of drug-likeness (QED) is 0.913. The number of fused-ring (bicyclic) bond motifs is 1. The minimum atomic E-state index is 0.0235. The fourth-order valence-electron chi connectivity index (χ4n) is 2.82. The molecule has 0 saturated carbocycles. The number of ether oxygens (including phenoxy) is 1. The van der Waals surface area contributed by atoms with E-state index in [1.807, 2.05) is 18.2 Å². The predicted octanol–water partition coefficient (Wildman–Crippen LogP) is 2.81.